The van der Waals surface area contributed by atoms with E-state index in [9.17, 15) is 9.59 Å². The van der Waals surface area contributed by atoms with E-state index in [-0.39, 0.29) is 5.41 Å². The molecule has 0 amide bonds. The summed E-state index contributed by atoms with van der Waals surface area (Å²) in [5.74, 6) is -0.0340. The van der Waals surface area contributed by atoms with Gasteiger partial charge in [-0.15, -0.1) is 0 Å². The number of esters is 1. The largest absolute Gasteiger partial charge is 0.423 e. The molecule has 158 valence electrons. The first-order valence-electron chi connectivity index (χ1n) is 10.4. The molecule has 0 aromatic heterocycles. The van der Waals surface area contributed by atoms with Crippen molar-refractivity contribution in [2.45, 2.75) is 53.9 Å². The van der Waals surface area contributed by atoms with E-state index in [4.69, 9.17) is 4.74 Å². The van der Waals surface area contributed by atoms with Gasteiger partial charge in [-0.2, -0.15) is 0 Å². The van der Waals surface area contributed by atoms with Crippen molar-refractivity contribution in [1.29, 1.82) is 0 Å². The van der Waals surface area contributed by atoms with Gasteiger partial charge in [0.1, 0.15) is 12.0 Å². The van der Waals surface area contributed by atoms with Gasteiger partial charge < -0.3 is 4.74 Å². The van der Waals surface area contributed by atoms with Crippen LogP contribution in [0.4, 0.5) is 0 Å². The molecule has 0 unspecified atom stereocenters. The van der Waals surface area contributed by atoms with Crippen molar-refractivity contribution >= 4 is 12.3 Å². The van der Waals surface area contributed by atoms with Crippen LogP contribution in [0.15, 0.2) is 83.0 Å². The summed E-state index contributed by atoms with van der Waals surface area (Å²) in [5, 5.41) is 0. The molecule has 0 N–H and O–H groups in total. The summed E-state index contributed by atoms with van der Waals surface area (Å²) in [7, 11) is 0. The van der Waals surface area contributed by atoms with Crippen LogP contribution in [0, 0.1) is 5.41 Å². The lowest BCUT2D eigenvalue weighted by Gasteiger charge is -2.32. The number of hydrogen-bond donors (Lipinski definition) is 0. The molecule has 0 heterocycles. The summed E-state index contributed by atoms with van der Waals surface area (Å²) in [4.78, 5) is 22.7. The minimum absolute atomic E-state index is 0.238. The van der Waals surface area contributed by atoms with Crippen LogP contribution < -0.4 is 4.74 Å². The Balaban J connectivity index is 1.95. The molecule has 0 saturated heterocycles. The molecule has 3 nitrogen and oxygen atoms in total. The third-order valence-corrected chi connectivity index (χ3v) is 5.35. The Morgan fingerprint density at radius 2 is 1.77 bits per heavy atom. The summed E-state index contributed by atoms with van der Waals surface area (Å²) >= 11 is 0. The number of hydrogen-bond acceptors (Lipinski definition) is 3. The first-order valence-corrected chi connectivity index (χ1v) is 10.4. The Morgan fingerprint density at radius 1 is 1.07 bits per heavy atom. The molecular formula is C27H32O3. The SMILES string of the molecule is CC(C=CC1=C(C)CCCC1(C)C)=CC=CC(C)=CC(=O)Oc1ccc(C=O)cc1. The monoisotopic (exact) mass is 404 g/mol. The Kier molecular flexibility index (Phi) is 8.35. The van der Waals surface area contributed by atoms with E-state index >= 15 is 0 Å². The lowest BCUT2D eigenvalue weighted by molar-refractivity contribution is -0.129. The molecule has 0 bridgehead atoms. The van der Waals surface area contributed by atoms with Crippen molar-refractivity contribution in [2.75, 3.05) is 0 Å². The van der Waals surface area contributed by atoms with Crippen LogP contribution in [0.25, 0.3) is 0 Å². The first-order chi connectivity index (χ1) is 14.2. The summed E-state index contributed by atoms with van der Waals surface area (Å²) < 4.78 is 5.25. The van der Waals surface area contributed by atoms with Crippen molar-refractivity contribution in [3.8, 4) is 5.75 Å². The maximum absolute atomic E-state index is 12.0. The Bertz CT molecular complexity index is 919. The van der Waals surface area contributed by atoms with E-state index in [1.807, 2.05) is 25.2 Å². The van der Waals surface area contributed by atoms with Gasteiger partial charge in [0, 0.05) is 11.6 Å². The molecular weight excluding hydrogens is 372 g/mol. The number of benzene rings is 1. The molecule has 0 fully saturated rings. The Hall–Kier alpha value is -2.94. The number of aldehydes is 1. The highest BCUT2D eigenvalue weighted by Gasteiger charge is 2.26. The zero-order valence-electron chi connectivity index (χ0n) is 18.7. The van der Waals surface area contributed by atoms with Gasteiger partial charge in [0.2, 0.25) is 0 Å². The average Bonchev–Trinajstić information content (AvgIpc) is 2.67. The van der Waals surface area contributed by atoms with Crippen LogP contribution in [0.3, 0.4) is 0 Å². The number of allylic oxidation sites excluding steroid dienone is 9. The molecule has 1 aromatic carbocycles. The molecule has 2 rings (SSSR count). The highest BCUT2D eigenvalue weighted by Crippen LogP contribution is 2.40. The molecule has 0 radical (unpaired) electrons. The quantitative estimate of drug-likeness (QED) is 0.163. The zero-order valence-corrected chi connectivity index (χ0v) is 18.7. The minimum atomic E-state index is -0.446. The predicted molar refractivity (Wildman–Crippen MR) is 124 cm³/mol. The maximum Gasteiger partial charge on any atom is 0.336 e. The summed E-state index contributed by atoms with van der Waals surface area (Å²) in [5.41, 5.74) is 5.67. The van der Waals surface area contributed by atoms with Gasteiger partial charge >= 0.3 is 5.97 Å². The molecule has 30 heavy (non-hydrogen) atoms. The van der Waals surface area contributed by atoms with Crippen LogP contribution in [-0.4, -0.2) is 12.3 Å². The van der Waals surface area contributed by atoms with Gasteiger partial charge in [0.05, 0.1) is 0 Å². The van der Waals surface area contributed by atoms with Gasteiger partial charge in [0.25, 0.3) is 0 Å². The van der Waals surface area contributed by atoms with Crippen molar-refractivity contribution in [1.82, 2.24) is 0 Å². The average molecular weight is 405 g/mol. The normalized spacial score (nSPS) is 17.6. The van der Waals surface area contributed by atoms with E-state index in [1.54, 1.807) is 24.3 Å². The second-order valence-corrected chi connectivity index (χ2v) is 8.53. The Labute approximate surface area is 180 Å². The van der Waals surface area contributed by atoms with Gasteiger partial charge in [-0.1, -0.05) is 55.4 Å². The fourth-order valence-electron chi connectivity index (χ4n) is 3.63. The summed E-state index contributed by atoms with van der Waals surface area (Å²) in [6, 6.07) is 6.42. The second kappa shape index (κ2) is 10.7. The van der Waals surface area contributed by atoms with Crippen molar-refractivity contribution in [3.05, 3.63) is 88.6 Å². The van der Waals surface area contributed by atoms with Gasteiger partial charge in [-0.3, -0.25) is 4.79 Å². The lowest BCUT2D eigenvalue weighted by atomic mass is 9.72. The molecule has 1 aliphatic rings. The van der Waals surface area contributed by atoms with Gasteiger partial charge in [-0.25, -0.2) is 4.79 Å². The minimum Gasteiger partial charge on any atom is -0.423 e. The van der Waals surface area contributed by atoms with Gasteiger partial charge in [0.15, 0.2) is 0 Å². The second-order valence-electron chi connectivity index (χ2n) is 8.53. The highest BCUT2D eigenvalue weighted by atomic mass is 16.5. The molecule has 1 aliphatic carbocycles. The van der Waals surface area contributed by atoms with Gasteiger partial charge in [-0.05, 0) is 80.9 Å². The molecule has 0 spiro atoms. The van der Waals surface area contributed by atoms with E-state index in [0.29, 0.717) is 11.3 Å². The molecule has 0 aliphatic heterocycles. The van der Waals surface area contributed by atoms with Crippen LogP contribution >= 0.6 is 0 Å². The predicted octanol–water partition coefficient (Wildman–Crippen LogP) is 6.94. The van der Waals surface area contributed by atoms with Crippen LogP contribution in [0.1, 0.15) is 64.2 Å². The number of rotatable bonds is 7. The third kappa shape index (κ3) is 7.14. The van der Waals surface area contributed by atoms with Crippen LogP contribution in [0.2, 0.25) is 0 Å². The van der Waals surface area contributed by atoms with Crippen molar-refractivity contribution in [3.63, 3.8) is 0 Å². The summed E-state index contributed by atoms with van der Waals surface area (Å²) in [6.07, 6.45) is 16.1. The fraction of sp³-hybridized carbons (Fsp3) is 0.333. The standard InChI is InChI=1S/C27H32O3/c1-20(11-16-25-22(3)10-7-17-27(25,4)5)8-6-9-21(2)18-26(29)30-24-14-12-23(19-28)13-15-24/h6,8-9,11-16,18-19H,7,10,17H2,1-5H3. The first kappa shape index (κ1) is 23.3. The molecule has 0 atom stereocenters. The lowest BCUT2D eigenvalue weighted by Crippen LogP contribution is -2.19. The van der Waals surface area contributed by atoms with E-state index < -0.39 is 5.97 Å². The molecule has 0 saturated carbocycles. The highest BCUT2D eigenvalue weighted by molar-refractivity contribution is 5.85. The number of ether oxygens (including phenoxy) is 1. The smallest absolute Gasteiger partial charge is 0.336 e. The third-order valence-electron chi connectivity index (χ3n) is 5.35. The van der Waals surface area contributed by atoms with Crippen molar-refractivity contribution in [2.24, 2.45) is 5.41 Å². The van der Waals surface area contributed by atoms with Crippen LogP contribution in [0.5, 0.6) is 5.75 Å². The topological polar surface area (TPSA) is 43.4 Å². The van der Waals surface area contributed by atoms with Crippen molar-refractivity contribution < 1.29 is 14.3 Å². The van der Waals surface area contributed by atoms with E-state index in [0.717, 1.165) is 17.4 Å². The fourth-order valence-corrected chi connectivity index (χ4v) is 3.63. The van der Waals surface area contributed by atoms with E-state index in [1.165, 1.54) is 36.5 Å². The van der Waals surface area contributed by atoms with Crippen LogP contribution in [-0.2, 0) is 4.79 Å². The zero-order chi connectivity index (χ0) is 22.1. The molecule has 1 aromatic rings. The molecule has 3 heteroatoms. The maximum atomic E-state index is 12.0. The summed E-state index contributed by atoms with van der Waals surface area (Å²) in [6.45, 7) is 10.8. The van der Waals surface area contributed by atoms with E-state index in [2.05, 4.69) is 39.8 Å². The Morgan fingerprint density at radius 3 is 2.40 bits per heavy atom. The number of carbonyl (C=O) groups excluding carboxylic acids is 2. The number of carbonyl (C=O) groups is 2.